The molecule has 0 aromatic heterocycles. The molecular weight excluding hydrogens is 473 g/mol. The minimum atomic E-state index is 0. The fraction of sp³-hybridized carbons (Fsp3) is 0.227. The summed E-state index contributed by atoms with van der Waals surface area (Å²) in [6, 6.07) is 13.9. The number of nitrogens with one attached hydrogen (secondary N) is 4. The van der Waals surface area contributed by atoms with Crippen LogP contribution in [-0.2, 0) is 6.42 Å². The van der Waals surface area contributed by atoms with E-state index in [-0.39, 0.29) is 24.1 Å². The molecule has 4 rings (SSSR count). The van der Waals surface area contributed by atoms with Crippen molar-refractivity contribution >= 4 is 69.9 Å². The first-order valence-electron chi connectivity index (χ1n) is 9.76. The first kappa shape index (κ1) is 23.7. The summed E-state index contributed by atoms with van der Waals surface area (Å²) in [6.07, 6.45) is 4.44. The zero-order chi connectivity index (χ0) is 21.1. The highest BCUT2D eigenvalue weighted by molar-refractivity contribution is 8.18. The average Bonchev–Trinajstić information content (AvgIpc) is 3.25. The summed E-state index contributed by atoms with van der Waals surface area (Å²) in [5.74, 6) is 0.431. The van der Waals surface area contributed by atoms with Gasteiger partial charge < -0.3 is 10.6 Å². The van der Waals surface area contributed by atoms with Gasteiger partial charge in [-0.15, -0.1) is 12.4 Å². The van der Waals surface area contributed by atoms with Crippen LogP contribution < -0.4 is 10.6 Å². The Morgan fingerprint density at radius 2 is 1.68 bits per heavy atom. The fourth-order valence-corrected chi connectivity index (χ4v) is 4.67. The number of thioether (sulfide) groups is 1. The zero-order valence-electron chi connectivity index (χ0n) is 16.6. The molecule has 9 heteroatoms. The largest absolute Gasteiger partial charge is 0.364 e. The third kappa shape index (κ3) is 5.44. The molecule has 0 aliphatic carbocycles. The third-order valence-corrected chi connectivity index (χ3v) is 6.72. The van der Waals surface area contributed by atoms with E-state index < -0.39 is 0 Å². The van der Waals surface area contributed by atoms with E-state index in [2.05, 4.69) is 39.9 Å². The Bertz CT molecular complexity index is 1070. The van der Waals surface area contributed by atoms with Gasteiger partial charge >= 0.3 is 0 Å². The maximum Gasteiger partial charge on any atom is 0.168 e. The van der Waals surface area contributed by atoms with Gasteiger partial charge in [0, 0.05) is 17.7 Å². The molecule has 0 radical (unpaired) electrons. The first-order chi connectivity index (χ1) is 14.5. The maximum atomic E-state index is 8.27. The van der Waals surface area contributed by atoms with Crippen LogP contribution in [0.5, 0.6) is 0 Å². The Kier molecular flexibility index (Phi) is 8.06. The van der Waals surface area contributed by atoms with Crippen molar-refractivity contribution < 1.29 is 0 Å². The highest BCUT2D eigenvalue weighted by atomic mass is 35.5. The molecule has 0 fully saturated rings. The summed E-state index contributed by atoms with van der Waals surface area (Å²) in [5, 5.41) is 24.4. The number of aryl methyl sites for hydroxylation is 1. The van der Waals surface area contributed by atoms with E-state index in [1.54, 1.807) is 12.1 Å². The van der Waals surface area contributed by atoms with Crippen molar-refractivity contribution in [1.82, 2.24) is 10.6 Å². The van der Waals surface area contributed by atoms with E-state index in [1.807, 2.05) is 6.07 Å². The van der Waals surface area contributed by atoms with Crippen LogP contribution in [0.3, 0.4) is 0 Å². The Balaban J connectivity index is 0.00000272. The number of unbranched alkanes of at least 4 members (excludes halogenated alkanes) is 2. The highest BCUT2D eigenvalue weighted by Crippen LogP contribution is 2.38. The van der Waals surface area contributed by atoms with Gasteiger partial charge in [-0.1, -0.05) is 60.0 Å². The zero-order valence-corrected chi connectivity index (χ0v) is 19.7. The molecule has 2 heterocycles. The van der Waals surface area contributed by atoms with Gasteiger partial charge in [0.05, 0.1) is 20.6 Å². The van der Waals surface area contributed by atoms with Gasteiger partial charge in [0.1, 0.15) is 5.84 Å². The van der Waals surface area contributed by atoms with Crippen LogP contribution in [0, 0.1) is 10.8 Å². The number of amidine groups is 3. The Hall–Kier alpha value is -1.99. The summed E-state index contributed by atoms with van der Waals surface area (Å²) in [5.41, 5.74) is 3.52. The molecule has 162 valence electrons. The van der Waals surface area contributed by atoms with Crippen LogP contribution in [-0.4, -0.2) is 23.4 Å². The van der Waals surface area contributed by atoms with Crippen LogP contribution in [0.25, 0.3) is 5.70 Å². The van der Waals surface area contributed by atoms with Crippen molar-refractivity contribution in [1.29, 1.82) is 10.8 Å². The third-order valence-electron chi connectivity index (χ3n) is 4.96. The summed E-state index contributed by atoms with van der Waals surface area (Å²) in [4.78, 5) is 5.03. The average molecular weight is 495 g/mol. The van der Waals surface area contributed by atoms with Crippen LogP contribution in [0.15, 0.2) is 52.4 Å². The molecule has 4 N–H and O–H groups in total. The summed E-state index contributed by atoms with van der Waals surface area (Å²) in [7, 11) is 0. The van der Waals surface area contributed by atoms with E-state index in [0.717, 1.165) is 37.8 Å². The molecule has 31 heavy (non-hydrogen) atoms. The molecule has 5 nitrogen and oxygen atoms in total. The summed E-state index contributed by atoms with van der Waals surface area (Å²) >= 11 is 13.7. The number of aliphatic imine (C=N–C) groups is 1. The fourth-order valence-electron chi connectivity index (χ4n) is 3.44. The Labute approximate surface area is 202 Å². The molecule has 2 aromatic carbocycles. The van der Waals surface area contributed by atoms with Gasteiger partial charge in [-0.3, -0.25) is 10.8 Å². The molecule has 0 spiro atoms. The second-order valence-electron chi connectivity index (χ2n) is 7.11. The Morgan fingerprint density at radius 3 is 2.42 bits per heavy atom. The maximum absolute atomic E-state index is 8.27. The number of hydrogen-bond acceptors (Lipinski definition) is 4. The minimum absolute atomic E-state index is 0. The van der Waals surface area contributed by atoms with E-state index >= 15 is 0 Å². The molecule has 0 bridgehead atoms. The number of rotatable bonds is 6. The minimum Gasteiger partial charge on any atom is -0.364 e. The lowest BCUT2D eigenvalue weighted by Crippen LogP contribution is -2.20. The standard InChI is InChI=1S/C22H21Cl2N5S.ClH/c23-16-11-14-15(12-17(16)24)20(25)28-18(14)19-21(26)29-22(30-19)27-10-6-2-5-9-13-7-3-1-4-8-13;/h1,3-4,7-8,11-12H,2,5-6,9-10H2,(H2,25,28)(H2,26,27,29);1H. The summed E-state index contributed by atoms with van der Waals surface area (Å²) < 4.78 is 0. The molecule has 0 saturated carbocycles. The lowest BCUT2D eigenvalue weighted by Gasteiger charge is -2.07. The van der Waals surface area contributed by atoms with Crippen molar-refractivity contribution in [2.75, 3.05) is 6.54 Å². The molecule has 2 aliphatic rings. The van der Waals surface area contributed by atoms with Gasteiger partial charge in [-0.25, -0.2) is 4.99 Å². The van der Waals surface area contributed by atoms with Crippen LogP contribution >= 0.6 is 47.4 Å². The van der Waals surface area contributed by atoms with Crippen molar-refractivity contribution in [3.8, 4) is 0 Å². The number of benzene rings is 2. The first-order valence-corrected chi connectivity index (χ1v) is 11.3. The predicted octanol–water partition coefficient (Wildman–Crippen LogP) is 6.10. The lowest BCUT2D eigenvalue weighted by atomic mass is 10.1. The molecule has 2 aromatic rings. The number of halogens is 3. The second-order valence-corrected chi connectivity index (χ2v) is 8.92. The molecule has 0 saturated heterocycles. The highest BCUT2D eigenvalue weighted by Gasteiger charge is 2.30. The lowest BCUT2D eigenvalue weighted by molar-refractivity contribution is 0.666. The van der Waals surface area contributed by atoms with E-state index in [4.69, 9.17) is 34.0 Å². The van der Waals surface area contributed by atoms with Gasteiger partial charge in [-0.2, -0.15) is 0 Å². The quantitative estimate of drug-likeness (QED) is 0.366. The van der Waals surface area contributed by atoms with E-state index in [0.29, 0.717) is 31.4 Å². The molecule has 0 amide bonds. The Morgan fingerprint density at radius 1 is 0.968 bits per heavy atom. The molecule has 0 unspecified atom stereocenters. The van der Waals surface area contributed by atoms with Crippen molar-refractivity contribution in [2.24, 2.45) is 4.99 Å². The second kappa shape index (κ2) is 10.6. The van der Waals surface area contributed by atoms with Gasteiger partial charge in [0.25, 0.3) is 0 Å². The smallest absolute Gasteiger partial charge is 0.168 e. The SMILES string of the molecule is Cl.N=C1N=C(NCCCCCc2ccccc2)SC1=C1NC(=N)c2cc(Cl)c(Cl)cc21. The van der Waals surface area contributed by atoms with Crippen LogP contribution in [0.2, 0.25) is 10.0 Å². The van der Waals surface area contributed by atoms with Gasteiger partial charge in [-0.05, 0) is 48.7 Å². The summed E-state index contributed by atoms with van der Waals surface area (Å²) in [6.45, 7) is 0.817. The monoisotopic (exact) mass is 493 g/mol. The topological polar surface area (TPSA) is 84.1 Å². The van der Waals surface area contributed by atoms with Crippen molar-refractivity contribution in [3.63, 3.8) is 0 Å². The van der Waals surface area contributed by atoms with Crippen LogP contribution in [0.1, 0.15) is 36.0 Å². The number of hydrogen-bond donors (Lipinski definition) is 4. The van der Waals surface area contributed by atoms with E-state index in [9.17, 15) is 0 Å². The number of nitrogens with zero attached hydrogens (tertiary/aromatic N) is 1. The number of fused-ring (bicyclic) bond motifs is 1. The molecule has 0 atom stereocenters. The van der Waals surface area contributed by atoms with Gasteiger partial charge in [0.15, 0.2) is 11.0 Å². The van der Waals surface area contributed by atoms with Gasteiger partial charge in [0.2, 0.25) is 0 Å². The predicted molar refractivity (Wildman–Crippen MR) is 135 cm³/mol. The molecule has 2 aliphatic heterocycles. The molecular formula is C22H22Cl3N5S. The van der Waals surface area contributed by atoms with E-state index in [1.165, 1.54) is 17.3 Å². The van der Waals surface area contributed by atoms with Crippen molar-refractivity contribution in [2.45, 2.75) is 25.7 Å². The normalized spacial score (nSPS) is 17.2. The van der Waals surface area contributed by atoms with Crippen molar-refractivity contribution in [3.05, 3.63) is 74.1 Å². The van der Waals surface area contributed by atoms with Crippen LogP contribution in [0.4, 0.5) is 0 Å².